The molecule has 3 N–H and O–H groups in total. The maximum absolute atomic E-state index is 12.3. The predicted octanol–water partition coefficient (Wildman–Crippen LogP) is 2.09. The summed E-state index contributed by atoms with van der Waals surface area (Å²) >= 11 is 5.90. The molecule has 0 unspecified atom stereocenters. The summed E-state index contributed by atoms with van der Waals surface area (Å²) in [6, 6.07) is 11.5. The molecule has 2 rings (SSSR count). The van der Waals surface area contributed by atoms with Gasteiger partial charge in [-0.25, -0.2) is 13.1 Å². The molecule has 0 aliphatic rings. The van der Waals surface area contributed by atoms with Gasteiger partial charge < -0.3 is 0 Å². The third-order valence-corrected chi connectivity index (χ3v) is 5.64. The Morgan fingerprint density at radius 3 is 2.44 bits per heavy atom. The fraction of sp³-hybridized carbons (Fsp3) is 0.222. The third kappa shape index (κ3) is 5.78. The zero-order valence-electron chi connectivity index (χ0n) is 14.9. The first-order valence-electron chi connectivity index (χ1n) is 8.11. The Hall–Kier alpha value is -2.42. The monoisotopic (exact) mass is 409 g/mol. The van der Waals surface area contributed by atoms with E-state index in [2.05, 4.69) is 15.6 Å². The van der Waals surface area contributed by atoms with E-state index in [1.165, 1.54) is 6.07 Å². The van der Waals surface area contributed by atoms with Gasteiger partial charge in [-0.15, -0.1) is 0 Å². The molecule has 0 saturated carbocycles. The molecule has 0 bridgehead atoms. The van der Waals surface area contributed by atoms with Crippen molar-refractivity contribution in [1.82, 2.24) is 15.6 Å². The Morgan fingerprint density at radius 2 is 1.74 bits per heavy atom. The van der Waals surface area contributed by atoms with Gasteiger partial charge in [0.25, 0.3) is 5.91 Å². The highest BCUT2D eigenvalue weighted by molar-refractivity contribution is 7.89. The molecular weight excluding hydrogens is 390 g/mol. The molecule has 0 aliphatic carbocycles. The van der Waals surface area contributed by atoms with E-state index in [4.69, 9.17) is 11.6 Å². The highest BCUT2D eigenvalue weighted by atomic mass is 35.5. The van der Waals surface area contributed by atoms with E-state index in [0.717, 1.165) is 5.56 Å². The van der Waals surface area contributed by atoms with Crippen LogP contribution in [0.25, 0.3) is 0 Å². The second-order valence-electron chi connectivity index (χ2n) is 5.90. The lowest BCUT2D eigenvalue weighted by Crippen LogP contribution is -2.42. The highest BCUT2D eigenvalue weighted by Crippen LogP contribution is 2.16. The van der Waals surface area contributed by atoms with Crippen molar-refractivity contribution in [2.75, 3.05) is 6.54 Å². The van der Waals surface area contributed by atoms with Gasteiger partial charge >= 0.3 is 0 Å². The van der Waals surface area contributed by atoms with Crippen molar-refractivity contribution in [2.24, 2.45) is 0 Å². The zero-order chi connectivity index (χ0) is 20.0. The van der Waals surface area contributed by atoms with Gasteiger partial charge in [0, 0.05) is 13.0 Å². The van der Waals surface area contributed by atoms with Crippen LogP contribution in [-0.4, -0.2) is 26.8 Å². The van der Waals surface area contributed by atoms with Crippen LogP contribution >= 0.6 is 11.6 Å². The fourth-order valence-electron chi connectivity index (χ4n) is 2.28. The van der Waals surface area contributed by atoms with Crippen LogP contribution in [0, 0.1) is 13.8 Å². The van der Waals surface area contributed by atoms with E-state index < -0.39 is 21.8 Å². The molecule has 2 aromatic rings. The number of hydrogen-bond donors (Lipinski definition) is 3. The third-order valence-electron chi connectivity index (χ3n) is 3.71. The number of carbonyl (C=O) groups excluding carboxylic acids is 2. The molecule has 0 saturated heterocycles. The number of nitrogens with one attached hydrogen (secondary N) is 3. The second kappa shape index (κ2) is 8.98. The molecule has 27 heavy (non-hydrogen) atoms. The van der Waals surface area contributed by atoms with E-state index in [0.29, 0.717) is 5.56 Å². The van der Waals surface area contributed by atoms with Crippen molar-refractivity contribution in [3.05, 3.63) is 64.2 Å². The minimum absolute atomic E-state index is 0.108. The number of hydrazine groups is 1. The van der Waals surface area contributed by atoms with Crippen LogP contribution in [-0.2, 0) is 14.8 Å². The maximum atomic E-state index is 12.3. The molecule has 0 fully saturated rings. The quantitative estimate of drug-likeness (QED) is 0.635. The van der Waals surface area contributed by atoms with Crippen LogP contribution in [0.15, 0.2) is 47.4 Å². The summed E-state index contributed by atoms with van der Waals surface area (Å²) in [4.78, 5) is 23.9. The standard InChI is InChI=1S/C18H20ClN3O4S/c1-12-7-8-13(2)16(11-12)27(25,26)20-10-9-17(23)21-22-18(24)14-5-3-4-6-15(14)19/h3-8,11,20H,9-10H2,1-2H3,(H,21,23)(H,22,24). The van der Waals surface area contributed by atoms with Crippen molar-refractivity contribution in [1.29, 1.82) is 0 Å². The smallest absolute Gasteiger partial charge is 0.271 e. The lowest BCUT2D eigenvalue weighted by Gasteiger charge is -2.11. The average Bonchev–Trinajstić information content (AvgIpc) is 2.62. The zero-order valence-corrected chi connectivity index (χ0v) is 16.4. The Kier molecular flexibility index (Phi) is 6.95. The van der Waals surface area contributed by atoms with Crippen molar-refractivity contribution < 1.29 is 18.0 Å². The molecule has 7 nitrogen and oxygen atoms in total. The van der Waals surface area contributed by atoms with Crippen LogP contribution in [0.2, 0.25) is 5.02 Å². The minimum atomic E-state index is -3.72. The molecule has 2 amide bonds. The van der Waals surface area contributed by atoms with Crippen LogP contribution in [0.3, 0.4) is 0 Å². The molecule has 144 valence electrons. The van der Waals surface area contributed by atoms with E-state index >= 15 is 0 Å². The van der Waals surface area contributed by atoms with Gasteiger partial charge in [0.15, 0.2) is 0 Å². The number of amides is 2. The number of rotatable bonds is 6. The van der Waals surface area contributed by atoms with Crippen LogP contribution in [0.5, 0.6) is 0 Å². The number of carbonyl (C=O) groups is 2. The normalized spacial score (nSPS) is 11.1. The molecule has 0 atom stereocenters. The Labute approximate surface area is 163 Å². The van der Waals surface area contributed by atoms with Gasteiger partial charge in [0.1, 0.15) is 0 Å². The maximum Gasteiger partial charge on any atom is 0.271 e. The number of benzene rings is 2. The summed E-state index contributed by atoms with van der Waals surface area (Å²) < 4.78 is 27.1. The molecule has 0 spiro atoms. The second-order valence-corrected chi connectivity index (χ2v) is 8.04. The average molecular weight is 410 g/mol. The van der Waals surface area contributed by atoms with Crippen molar-refractivity contribution in [3.8, 4) is 0 Å². The SMILES string of the molecule is Cc1ccc(C)c(S(=O)(=O)NCCC(=O)NNC(=O)c2ccccc2Cl)c1. The number of sulfonamides is 1. The number of aryl methyl sites for hydroxylation is 2. The Balaban J connectivity index is 1.84. The molecule has 0 radical (unpaired) electrons. The summed E-state index contributed by atoms with van der Waals surface area (Å²) in [7, 11) is -3.72. The van der Waals surface area contributed by atoms with Crippen LogP contribution < -0.4 is 15.6 Å². The summed E-state index contributed by atoms with van der Waals surface area (Å²) in [5, 5.41) is 0.255. The summed E-state index contributed by atoms with van der Waals surface area (Å²) in [6.07, 6.45) is -0.146. The van der Waals surface area contributed by atoms with Crippen molar-refractivity contribution in [2.45, 2.75) is 25.2 Å². The fourth-order valence-corrected chi connectivity index (χ4v) is 3.86. The predicted molar refractivity (Wildman–Crippen MR) is 103 cm³/mol. The Bertz CT molecular complexity index is 961. The molecular formula is C18H20ClN3O4S. The van der Waals surface area contributed by atoms with Crippen molar-refractivity contribution >= 4 is 33.4 Å². The topological polar surface area (TPSA) is 104 Å². The Morgan fingerprint density at radius 1 is 1.04 bits per heavy atom. The number of hydrogen-bond acceptors (Lipinski definition) is 4. The van der Waals surface area contributed by atoms with E-state index in [-0.39, 0.29) is 28.4 Å². The van der Waals surface area contributed by atoms with Gasteiger partial charge in [-0.2, -0.15) is 0 Å². The molecule has 0 aliphatic heterocycles. The summed E-state index contributed by atoms with van der Waals surface area (Å²) in [6.45, 7) is 3.39. The number of halogens is 1. The molecule has 9 heteroatoms. The van der Waals surface area contributed by atoms with Gasteiger partial charge in [-0.3, -0.25) is 20.4 Å². The summed E-state index contributed by atoms with van der Waals surface area (Å²) in [5.74, 6) is -1.11. The van der Waals surface area contributed by atoms with Gasteiger partial charge in [0.2, 0.25) is 15.9 Å². The van der Waals surface area contributed by atoms with Crippen molar-refractivity contribution in [3.63, 3.8) is 0 Å². The van der Waals surface area contributed by atoms with Gasteiger partial charge in [0.05, 0.1) is 15.5 Å². The van der Waals surface area contributed by atoms with E-state index in [1.807, 2.05) is 6.07 Å². The van der Waals surface area contributed by atoms with Crippen LogP contribution in [0.4, 0.5) is 0 Å². The van der Waals surface area contributed by atoms with Crippen LogP contribution in [0.1, 0.15) is 27.9 Å². The molecule has 2 aromatic carbocycles. The molecule has 0 aromatic heterocycles. The summed E-state index contributed by atoms with van der Waals surface area (Å²) in [5.41, 5.74) is 6.11. The van der Waals surface area contributed by atoms with Gasteiger partial charge in [-0.1, -0.05) is 35.9 Å². The first-order chi connectivity index (χ1) is 12.7. The van der Waals surface area contributed by atoms with E-state index in [9.17, 15) is 18.0 Å². The van der Waals surface area contributed by atoms with Gasteiger partial charge in [-0.05, 0) is 43.2 Å². The minimum Gasteiger partial charge on any atom is -0.273 e. The largest absolute Gasteiger partial charge is 0.273 e. The first-order valence-corrected chi connectivity index (χ1v) is 9.97. The lowest BCUT2D eigenvalue weighted by molar-refractivity contribution is -0.121. The first kappa shape index (κ1) is 20.9. The molecule has 0 heterocycles. The van der Waals surface area contributed by atoms with E-state index in [1.54, 1.807) is 44.2 Å². The highest BCUT2D eigenvalue weighted by Gasteiger charge is 2.17. The lowest BCUT2D eigenvalue weighted by atomic mass is 10.2.